The van der Waals surface area contributed by atoms with Gasteiger partial charge in [0, 0.05) is 6.07 Å². The quantitative estimate of drug-likeness (QED) is 0.441. The largest absolute Gasteiger partial charge is 0.320 e. The number of carbonyl (C=O) groups excluding carboxylic acids is 1. The summed E-state index contributed by atoms with van der Waals surface area (Å²) in [5.41, 5.74) is -0.0325. The molecule has 122 valence electrons. The zero-order valence-electron chi connectivity index (χ0n) is 11.5. The highest BCUT2D eigenvalue weighted by Gasteiger charge is 2.21. The van der Waals surface area contributed by atoms with Gasteiger partial charge in [-0.25, -0.2) is 0 Å². The Morgan fingerprint density at radius 3 is 2.74 bits per heavy atom. The van der Waals surface area contributed by atoms with Crippen molar-refractivity contribution in [1.82, 2.24) is 0 Å². The lowest BCUT2D eigenvalue weighted by molar-refractivity contribution is -0.385. The molecule has 0 aliphatic carbocycles. The number of thiophene rings is 1. The van der Waals surface area contributed by atoms with E-state index in [0.717, 1.165) is 17.4 Å². The number of carbonyl (C=O) groups is 1. The molecule has 0 bridgehead atoms. The fourth-order valence-electron chi connectivity index (χ4n) is 1.77. The van der Waals surface area contributed by atoms with Crippen molar-refractivity contribution in [1.29, 1.82) is 0 Å². The van der Waals surface area contributed by atoms with Crippen molar-refractivity contribution in [2.75, 3.05) is 5.32 Å². The van der Waals surface area contributed by atoms with Gasteiger partial charge in [-0.05, 0) is 19.1 Å². The fraction of sp³-hybridized carbons (Fsp3) is 0.154. The number of thioether (sulfide) groups is 1. The molecule has 1 aromatic carbocycles. The number of hydrogen-bond acceptors (Lipinski definition) is 5. The SMILES string of the molecule is Cc1sc(C(=O)Nc2cccc(Cl)c2SC(F)F)cc1[N+](=O)[O-]. The molecule has 5 nitrogen and oxygen atoms in total. The zero-order chi connectivity index (χ0) is 17.1. The molecule has 10 heteroatoms. The van der Waals surface area contributed by atoms with E-state index in [2.05, 4.69) is 5.32 Å². The van der Waals surface area contributed by atoms with Crippen LogP contribution in [0.15, 0.2) is 29.2 Å². The van der Waals surface area contributed by atoms with Gasteiger partial charge in [-0.2, -0.15) is 8.78 Å². The lowest BCUT2D eigenvalue weighted by Gasteiger charge is -2.11. The Morgan fingerprint density at radius 2 is 2.17 bits per heavy atom. The van der Waals surface area contributed by atoms with Gasteiger partial charge in [-0.1, -0.05) is 29.4 Å². The van der Waals surface area contributed by atoms with Gasteiger partial charge in [0.25, 0.3) is 17.4 Å². The molecule has 23 heavy (non-hydrogen) atoms. The van der Waals surface area contributed by atoms with Gasteiger partial charge in [0.2, 0.25) is 0 Å². The minimum Gasteiger partial charge on any atom is -0.320 e. The predicted octanol–water partition coefficient (Wildman–Crippen LogP) is 5.19. The number of benzene rings is 1. The van der Waals surface area contributed by atoms with E-state index in [0.29, 0.717) is 4.88 Å². The number of nitrogens with one attached hydrogen (secondary N) is 1. The van der Waals surface area contributed by atoms with E-state index in [1.165, 1.54) is 25.1 Å². The maximum absolute atomic E-state index is 12.6. The number of halogens is 3. The van der Waals surface area contributed by atoms with Crippen LogP contribution in [-0.4, -0.2) is 16.6 Å². The van der Waals surface area contributed by atoms with E-state index < -0.39 is 16.6 Å². The molecule has 1 N–H and O–H groups in total. The van der Waals surface area contributed by atoms with Crippen LogP contribution in [0.2, 0.25) is 5.02 Å². The molecule has 1 heterocycles. The van der Waals surface area contributed by atoms with Gasteiger partial charge in [0.15, 0.2) is 0 Å². The summed E-state index contributed by atoms with van der Waals surface area (Å²) in [5, 5.41) is 13.4. The lowest BCUT2D eigenvalue weighted by atomic mass is 10.3. The second kappa shape index (κ2) is 7.24. The topological polar surface area (TPSA) is 72.2 Å². The fourth-order valence-corrected chi connectivity index (χ4v) is 3.56. The molecule has 0 spiro atoms. The van der Waals surface area contributed by atoms with Crippen LogP contribution in [0, 0.1) is 17.0 Å². The lowest BCUT2D eigenvalue weighted by Crippen LogP contribution is -2.11. The van der Waals surface area contributed by atoms with Gasteiger partial charge >= 0.3 is 0 Å². The summed E-state index contributed by atoms with van der Waals surface area (Å²) < 4.78 is 25.2. The van der Waals surface area contributed by atoms with Crippen LogP contribution < -0.4 is 5.32 Å². The first-order chi connectivity index (χ1) is 10.8. The predicted molar refractivity (Wildman–Crippen MR) is 87.0 cm³/mol. The van der Waals surface area contributed by atoms with Crippen molar-refractivity contribution in [3.05, 3.63) is 49.2 Å². The molecule has 2 aromatic rings. The first-order valence-corrected chi connectivity index (χ1v) is 8.16. The Bertz CT molecular complexity index is 768. The maximum atomic E-state index is 12.6. The summed E-state index contributed by atoms with van der Waals surface area (Å²) in [7, 11) is 0. The normalized spacial score (nSPS) is 10.8. The number of rotatable bonds is 5. The molecule has 0 unspecified atom stereocenters. The van der Waals surface area contributed by atoms with Crippen molar-refractivity contribution in [2.24, 2.45) is 0 Å². The average Bonchev–Trinajstić information content (AvgIpc) is 2.84. The molecular weight excluding hydrogens is 370 g/mol. The highest BCUT2D eigenvalue weighted by molar-refractivity contribution is 7.99. The van der Waals surface area contributed by atoms with Crippen LogP contribution >= 0.6 is 34.7 Å². The second-order valence-electron chi connectivity index (χ2n) is 4.26. The Labute approximate surface area is 142 Å². The number of aryl methyl sites for hydroxylation is 1. The zero-order valence-corrected chi connectivity index (χ0v) is 13.9. The van der Waals surface area contributed by atoms with Crippen LogP contribution in [0.5, 0.6) is 0 Å². The van der Waals surface area contributed by atoms with E-state index in [9.17, 15) is 23.7 Å². The van der Waals surface area contributed by atoms with Crippen LogP contribution in [0.25, 0.3) is 0 Å². The molecule has 0 saturated heterocycles. The Balaban J connectivity index is 2.29. The smallest absolute Gasteiger partial charge is 0.289 e. The molecule has 0 saturated carbocycles. The first-order valence-electron chi connectivity index (χ1n) is 6.09. The number of amides is 1. The molecule has 0 fully saturated rings. The third-order valence-corrected chi connectivity index (χ3v) is 5.05. The van der Waals surface area contributed by atoms with Crippen LogP contribution in [0.1, 0.15) is 14.5 Å². The minimum absolute atomic E-state index is 0.0419. The highest BCUT2D eigenvalue weighted by Crippen LogP contribution is 2.38. The van der Waals surface area contributed by atoms with Crippen molar-refractivity contribution < 1.29 is 18.5 Å². The van der Waals surface area contributed by atoms with Crippen molar-refractivity contribution in [2.45, 2.75) is 17.6 Å². The summed E-state index contributed by atoms with van der Waals surface area (Å²) in [6.07, 6.45) is 0. The summed E-state index contributed by atoms with van der Waals surface area (Å²) in [4.78, 5) is 23.0. The van der Waals surface area contributed by atoms with Gasteiger partial charge in [0.05, 0.1) is 30.3 Å². The standard InChI is InChI=1S/C13H9ClF2N2O3S2/c1-6-9(18(20)21)5-10(22-6)12(19)17-8-4-2-3-7(14)11(8)23-13(15)16/h2-5,13H,1H3,(H,17,19). The number of anilines is 1. The number of nitrogens with zero attached hydrogens (tertiary/aromatic N) is 1. The number of hydrogen-bond donors (Lipinski definition) is 1. The van der Waals surface area contributed by atoms with E-state index >= 15 is 0 Å². The Hall–Kier alpha value is -1.71. The monoisotopic (exact) mass is 378 g/mol. The van der Waals surface area contributed by atoms with E-state index in [1.54, 1.807) is 0 Å². The summed E-state index contributed by atoms with van der Waals surface area (Å²) in [6.45, 7) is 1.52. The van der Waals surface area contributed by atoms with Gasteiger partial charge in [0.1, 0.15) is 0 Å². The van der Waals surface area contributed by atoms with Gasteiger partial charge < -0.3 is 5.32 Å². The third kappa shape index (κ3) is 4.18. The first kappa shape index (κ1) is 17.6. The molecule has 0 atom stereocenters. The van der Waals surface area contributed by atoms with E-state index in [1.807, 2.05) is 0 Å². The Morgan fingerprint density at radius 1 is 1.48 bits per heavy atom. The van der Waals surface area contributed by atoms with Crippen LogP contribution in [0.3, 0.4) is 0 Å². The summed E-state index contributed by atoms with van der Waals surface area (Å²) >= 11 is 7.05. The van der Waals surface area contributed by atoms with Crippen molar-refractivity contribution in [3.63, 3.8) is 0 Å². The number of alkyl halides is 2. The second-order valence-corrected chi connectivity index (χ2v) is 6.92. The number of nitro groups is 1. The van der Waals surface area contributed by atoms with Crippen molar-refractivity contribution >= 4 is 52.0 Å². The van der Waals surface area contributed by atoms with Crippen LogP contribution in [0.4, 0.5) is 20.2 Å². The van der Waals surface area contributed by atoms with Crippen LogP contribution in [-0.2, 0) is 0 Å². The summed E-state index contributed by atoms with van der Waals surface area (Å²) in [5.74, 6) is -3.32. The maximum Gasteiger partial charge on any atom is 0.289 e. The van der Waals surface area contributed by atoms with Crippen molar-refractivity contribution in [3.8, 4) is 0 Å². The molecular formula is C13H9ClF2N2O3S2. The minimum atomic E-state index is -2.70. The van der Waals surface area contributed by atoms with E-state index in [-0.39, 0.29) is 37.9 Å². The molecule has 1 aromatic heterocycles. The molecule has 0 radical (unpaired) electrons. The summed E-state index contributed by atoms with van der Waals surface area (Å²) in [6, 6.07) is 5.53. The third-order valence-electron chi connectivity index (χ3n) is 2.73. The molecule has 0 aliphatic heterocycles. The average molecular weight is 379 g/mol. The highest BCUT2D eigenvalue weighted by atomic mass is 35.5. The molecule has 0 aliphatic rings. The Kier molecular flexibility index (Phi) is 5.55. The van der Waals surface area contributed by atoms with Gasteiger partial charge in [-0.15, -0.1) is 11.3 Å². The van der Waals surface area contributed by atoms with Gasteiger partial charge in [-0.3, -0.25) is 14.9 Å². The van der Waals surface area contributed by atoms with E-state index in [4.69, 9.17) is 11.6 Å². The molecule has 2 rings (SSSR count). The molecule has 1 amide bonds.